The van der Waals surface area contributed by atoms with Gasteiger partial charge in [0, 0.05) is 5.56 Å². The minimum Gasteiger partial charge on any atom is -0.341 e. The van der Waals surface area contributed by atoms with E-state index in [1.807, 2.05) is 43.3 Å². The fourth-order valence-corrected chi connectivity index (χ4v) is 2.37. The van der Waals surface area contributed by atoms with Crippen molar-refractivity contribution in [2.45, 2.75) is 19.9 Å². The van der Waals surface area contributed by atoms with Crippen LogP contribution in [0.4, 0.5) is 5.95 Å². The maximum absolute atomic E-state index is 12.2. The van der Waals surface area contributed by atoms with Crippen LogP contribution in [0, 0.1) is 6.92 Å². The van der Waals surface area contributed by atoms with Gasteiger partial charge >= 0.3 is 0 Å². The number of hydrogen-bond donors (Lipinski definition) is 3. The van der Waals surface area contributed by atoms with Crippen LogP contribution in [-0.4, -0.2) is 27.8 Å². The summed E-state index contributed by atoms with van der Waals surface area (Å²) in [6.07, 6.45) is 0. The average Bonchev–Trinajstić information content (AvgIpc) is 2.96. The number of hydrogen-bond acceptors (Lipinski definition) is 3. The van der Waals surface area contributed by atoms with E-state index in [0.717, 1.165) is 16.6 Å². The molecular formula is C18H18N4O2. The van der Waals surface area contributed by atoms with E-state index in [0.29, 0.717) is 11.5 Å². The minimum absolute atomic E-state index is 0.286. The molecule has 0 spiro atoms. The molecule has 0 saturated heterocycles. The van der Waals surface area contributed by atoms with Gasteiger partial charge in [-0.15, -0.1) is 0 Å². The van der Waals surface area contributed by atoms with Gasteiger partial charge in [-0.05, 0) is 38.1 Å². The first-order valence-electron chi connectivity index (χ1n) is 7.66. The number of fused-ring (bicyclic) bond motifs is 1. The van der Waals surface area contributed by atoms with Crippen LogP contribution in [0.25, 0.3) is 11.0 Å². The van der Waals surface area contributed by atoms with Gasteiger partial charge in [0.15, 0.2) is 0 Å². The number of carbonyl (C=O) groups is 2. The summed E-state index contributed by atoms with van der Waals surface area (Å²) in [5, 5.41) is 5.36. The molecule has 122 valence electrons. The molecule has 0 saturated carbocycles. The highest BCUT2D eigenvalue weighted by Gasteiger charge is 2.18. The number of nitrogens with zero attached hydrogens (tertiary/aromatic N) is 1. The summed E-state index contributed by atoms with van der Waals surface area (Å²) >= 11 is 0. The van der Waals surface area contributed by atoms with Gasteiger partial charge in [0.2, 0.25) is 11.9 Å². The molecule has 1 aromatic heterocycles. The second-order valence-electron chi connectivity index (χ2n) is 5.66. The summed E-state index contributed by atoms with van der Waals surface area (Å²) < 4.78 is 0. The molecule has 0 fully saturated rings. The lowest BCUT2D eigenvalue weighted by Gasteiger charge is -2.13. The Labute approximate surface area is 139 Å². The third kappa shape index (κ3) is 3.43. The Hall–Kier alpha value is -3.15. The predicted octanol–water partition coefficient (Wildman–Crippen LogP) is 2.63. The minimum atomic E-state index is -0.689. The monoisotopic (exact) mass is 322 g/mol. The average molecular weight is 322 g/mol. The Morgan fingerprint density at radius 3 is 2.67 bits per heavy atom. The van der Waals surface area contributed by atoms with Crippen LogP contribution in [0.1, 0.15) is 22.8 Å². The lowest BCUT2D eigenvalue weighted by Crippen LogP contribution is -2.41. The van der Waals surface area contributed by atoms with E-state index in [1.165, 1.54) is 0 Å². The number of H-pyrrole nitrogens is 1. The van der Waals surface area contributed by atoms with Crippen molar-refractivity contribution in [3.8, 4) is 0 Å². The van der Waals surface area contributed by atoms with Crippen LogP contribution in [0.2, 0.25) is 0 Å². The Bertz CT molecular complexity index is 868. The summed E-state index contributed by atoms with van der Waals surface area (Å²) in [7, 11) is 0. The van der Waals surface area contributed by atoms with Gasteiger partial charge < -0.3 is 10.3 Å². The number of carbonyl (C=O) groups excluding carboxylic acids is 2. The normalized spacial score (nSPS) is 11.9. The van der Waals surface area contributed by atoms with Gasteiger partial charge in [-0.2, -0.15) is 0 Å². The maximum Gasteiger partial charge on any atom is 0.251 e. The molecule has 24 heavy (non-hydrogen) atoms. The zero-order valence-corrected chi connectivity index (χ0v) is 13.5. The van der Waals surface area contributed by atoms with Crippen molar-refractivity contribution in [1.82, 2.24) is 15.3 Å². The molecule has 2 aromatic carbocycles. The summed E-state index contributed by atoms with van der Waals surface area (Å²) in [5.74, 6) is -0.265. The van der Waals surface area contributed by atoms with Gasteiger partial charge in [0.05, 0.1) is 11.0 Å². The van der Waals surface area contributed by atoms with Crippen molar-refractivity contribution < 1.29 is 9.59 Å². The van der Waals surface area contributed by atoms with E-state index in [4.69, 9.17) is 0 Å². The number of anilines is 1. The molecule has 1 heterocycles. The van der Waals surface area contributed by atoms with Crippen LogP contribution in [0.3, 0.4) is 0 Å². The fraction of sp³-hybridized carbons (Fsp3) is 0.167. The van der Waals surface area contributed by atoms with E-state index in [1.54, 1.807) is 19.1 Å². The molecule has 0 radical (unpaired) electrons. The highest BCUT2D eigenvalue weighted by atomic mass is 16.2. The Balaban J connectivity index is 1.65. The largest absolute Gasteiger partial charge is 0.341 e. The first kappa shape index (κ1) is 15.7. The number of aromatic nitrogens is 2. The van der Waals surface area contributed by atoms with Gasteiger partial charge in [-0.25, -0.2) is 4.98 Å². The Kier molecular flexibility index (Phi) is 4.29. The van der Waals surface area contributed by atoms with E-state index < -0.39 is 6.04 Å². The van der Waals surface area contributed by atoms with Crippen LogP contribution < -0.4 is 10.6 Å². The number of amides is 2. The third-order valence-electron chi connectivity index (χ3n) is 3.65. The van der Waals surface area contributed by atoms with Crippen molar-refractivity contribution in [2.24, 2.45) is 0 Å². The Morgan fingerprint density at radius 1 is 1.12 bits per heavy atom. The molecule has 0 aliphatic carbocycles. The number of benzene rings is 2. The first-order valence-corrected chi connectivity index (χ1v) is 7.66. The zero-order chi connectivity index (χ0) is 17.1. The van der Waals surface area contributed by atoms with Crippen LogP contribution in [0.5, 0.6) is 0 Å². The fourth-order valence-electron chi connectivity index (χ4n) is 2.37. The summed E-state index contributed by atoms with van der Waals surface area (Å²) in [4.78, 5) is 31.7. The van der Waals surface area contributed by atoms with Crippen LogP contribution in [-0.2, 0) is 4.79 Å². The van der Waals surface area contributed by atoms with E-state index in [2.05, 4.69) is 20.6 Å². The summed E-state index contributed by atoms with van der Waals surface area (Å²) in [6.45, 7) is 3.54. The topological polar surface area (TPSA) is 86.9 Å². The van der Waals surface area contributed by atoms with Crippen LogP contribution >= 0.6 is 0 Å². The number of imidazole rings is 1. The van der Waals surface area contributed by atoms with E-state index >= 15 is 0 Å². The van der Waals surface area contributed by atoms with Crippen molar-refractivity contribution in [1.29, 1.82) is 0 Å². The second kappa shape index (κ2) is 6.54. The van der Waals surface area contributed by atoms with Crippen molar-refractivity contribution in [2.75, 3.05) is 5.32 Å². The number of para-hydroxylation sites is 2. The van der Waals surface area contributed by atoms with Crippen molar-refractivity contribution in [3.63, 3.8) is 0 Å². The smallest absolute Gasteiger partial charge is 0.251 e. The zero-order valence-electron chi connectivity index (χ0n) is 13.5. The molecule has 6 heteroatoms. The van der Waals surface area contributed by atoms with Crippen molar-refractivity contribution >= 4 is 28.8 Å². The Morgan fingerprint density at radius 2 is 1.92 bits per heavy atom. The summed E-state index contributed by atoms with van der Waals surface area (Å²) in [6, 6.07) is 14.0. The van der Waals surface area contributed by atoms with E-state index in [-0.39, 0.29) is 11.8 Å². The van der Waals surface area contributed by atoms with E-state index in [9.17, 15) is 9.59 Å². The molecule has 2 amide bonds. The third-order valence-corrected chi connectivity index (χ3v) is 3.65. The quantitative estimate of drug-likeness (QED) is 0.690. The molecular weight excluding hydrogens is 304 g/mol. The molecule has 0 unspecified atom stereocenters. The molecule has 3 rings (SSSR count). The molecule has 6 nitrogen and oxygen atoms in total. The highest BCUT2D eigenvalue weighted by Crippen LogP contribution is 2.13. The number of aryl methyl sites for hydroxylation is 1. The highest BCUT2D eigenvalue weighted by molar-refractivity contribution is 6.00. The number of rotatable bonds is 4. The SMILES string of the molecule is Cc1cccc(C(=O)N[C@@H](C)C(=O)Nc2nc3ccccc3[nH]2)c1. The molecule has 0 aliphatic rings. The lowest BCUT2D eigenvalue weighted by atomic mass is 10.1. The maximum atomic E-state index is 12.2. The molecule has 3 aromatic rings. The first-order chi connectivity index (χ1) is 11.5. The number of aromatic amines is 1. The van der Waals surface area contributed by atoms with Gasteiger partial charge in [-0.3, -0.25) is 14.9 Å². The molecule has 0 bridgehead atoms. The van der Waals surface area contributed by atoms with Gasteiger partial charge in [0.25, 0.3) is 5.91 Å². The van der Waals surface area contributed by atoms with Gasteiger partial charge in [-0.1, -0.05) is 29.8 Å². The molecule has 0 aliphatic heterocycles. The molecule has 3 N–H and O–H groups in total. The summed E-state index contributed by atoms with van der Waals surface area (Å²) in [5.41, 5.74) is 3.12. The van der Waals surface area contributed by atoms with Gasteiger partial charge in [0.1, 0.15) is 6.04 Å². The van der Waals surface area contributed by atoms with Crippen molar-refractivity contribution in [3.05, 3.63) is 59.7 Å². The second-order valence-corrected chi connectivity index (χ2v) is 5.66. The predicted molar refractivity (Wildman–Crippen MR) is 92.8 cm³/mol. The molecule has 1 atom stereocenters. The standard InChI is InChI=1S/C18H18N4O2/c1-11-6-5-7-13(10-11)17(24)19-12(2)16(23)22-18-20-14-8-3-4-9-15(14)21-18/h3-10,12H,1-2H3,(H,19,24)(H2,20,21,22,23)/t12-/m0/s1. The number of nitrogens with one attached hydrogen (secondary N) is 3. The van der Waals surface area contributed by atoms with Crippen LogP contribution in [0.15, 0.2) is 48.5 Å². The lowest BCUT2D eigenvalue weighted by molar-refractivity contribution is -0.117.